The van der Waals surface area contributed by atoms with Crippen LogP contribution in [0.5, 0.6) is 0 Å². The minimum absolute atomic E-state index is 0.00450. The van der Waals surface area contributed by atoms with E-state index < -0.39 is 0 Å². The van der Waals surface area contributed by atoms with Gasteiger partial charge in [0.25, 0.3) is 0 Å². The van der Waals surface area contributed by atoms with Crippen LogP contribution in [0.25, 0.3) is 0 Å². The van der Waals surface area contributed by atoms with Crippen molar-refractivity contribution in [2.75, 3.05) is 52.5 Å². The second-order valence-electron chi connectivity index (χ2n) is 7.16. The lowest BCUT2D eigenvalue weighted by Crippen LogP contribution is -2.41. The van der Waals surface area contributed by atoms with Crippen LogP contribution in [0.15, 0.2) is 6.33 Å². The van der Waals surface area contributed by atoms with E-state index in [1.165, 1.54) is 0 Å². The number of ether oxygens (including phenoxy) is 2. The zero-order valence-corrected chi connectivity index (χ0v) is 14.8. The first kappa shape index (κ1) is 16.8. The van der Waals surface area contributed by atoms with Gasteiger partial charge < -0.3 is 19.4 Å². The summed E-state index contributed by atoms with van der Waals surface area (Å²) in [6.07, 6.45) is 2.57. The van der Waals surface area contributed by atoms with E-state index >= 15 is 0 Å². The average molecular weight is 349 g/mol. The molecule has 1 aromatic rings. The predicted molar refractivity (Wildman–Crippen MR) is 91.2 cm³/mol. The number of morpholine rings is 1. The maximum absolute atomic E-state index is 12.2. The lowest BCUT2D eigenvalue weighted by molar-refractivity contribution is 0.0362. The number of nitrogens with zero attached hydrogens (tertiary/aromatic N) is 4. The van der Waals surface area contributed by atoms with Gasteiger partial charge in [0.2, 0.25) is 0 Å². The molecule has 0 spiro atoms. The predicted octanol–water partition coefficient (Wildman–Crippen LogP) is 0.445. The number of fused-ring (bicyclic) bond motifs is 1. The second-order valence-corrected chi connectivity index (χ2v) is 7.16. The molecule has 8 nitrogen and oxygen atoms in total. The molecule has 0 bridgehead atoms. The van der Waals surface area contributed by atoms with Crippen molar-refractivity contribution < 1.29 is 14.3 Å². The van der Waals surface area contributed by atoms with Gasteiger partial charge in [-0.3, -0.25) is 9.80 Å². The lowest BCUT2D eigenvalue weighted by atomic mass is 10.2. The number of aromatic amines is 1. The van der Waals surface area contributed by atoms with E-state index in [1.54, 1.807) is 6.33 Å². The fraction of sp³-hybridized carbons (Fsp3) is 0.765. The van der Waals surface area contributed by atoms with Gasteiger partial charge in [0.05, 0.1) is 31.3 Å². The maximum atomic E-state index is 12.2. The number of amides is 1. The van der Waals surface area contributed by atoms with Crippen molar-refractivity contribution >= 4 is 6.09 Å². The highest BCUT2D eigenvalue weighted by atomic mass is 16.6. The Morgan fingerprint density at radius 3 is 2.84 bits per heavy atom. The molecule has 4 heterocycles. The van der Waals surface area contributed by atoms with Gasteiger partial charge in [0, 0.05) is 51.5 Å². The van der Waals surface area contributed by atoms with Gasteiger partial charge in [-0.05, 0) is 13.3 Å². The van der Waals surface area contributed by atoms with Gasteiger partial charge in [-0.2, -0.15) is 0 Å². The third kappa shape index (κ3) is 3.65. The van der Waals surface area contributed by atoms with Crippen LogP contribution in [0.3, 0.4) is 0 Å². The lowest BCUT2D eigenvalue weighted by Gasteiger charge is -2.28. The number of carbonyl (C=O) groups excluding carboxylic acids is 1. The Morgan fingerprint density at radius 2 is 2.08 bits per heavy atom. The number of hydrogen-bond acceptors (Lipinski definition) is 6. The van der Waals surface area contributed by atoms with Crippen LogP contribution in [0.4, 0.5) is 4.79 Å². The Balaban J connectivity index is 1.28. The first-order valence-electron chi connectivity index (χ1n) is 9.19. The van der Waals surface area contributed by atoms with Crippen molar-refractivity contribution in [2.24, 2.45) is 0 Å². The summed E-state index contributed by atoms with van der Waals surface area (Å²) in [4.78, 5) is 26.3. The number of H-pyrrole nitrogens is 1. The van der Waals surface area contributed by atoms with E-state index in [1.807, 2.05) is 11.8 Å². The maximum Gasteiger partial charge on any atom is 0.410 e. The van der Waals surface area contributed by atoms with Gasteiger partial charge in [-0.1, -0.05) is 0 Å². The molecule has 2 atom stereocenters. The molecule has 8 heteroatoms. The van der Waals surface area contributed by atoms with Crippen LogP contribution in [0.2, 0.25) is 0 Å². The van der Waals surface area contributed by atoms with Gasteiger partial charge >= 0.3 is 6.09 Å². The highest BCUT2D eigenvalue weighted by Crippen LogP contribution is 2.28. The molecule has 1 amide bonds. The fourth-order valence-electron chi connectivity index (χ4n) is 4.01. The Bertz CT molecular complexity index is 601. The van der Waals surface area contributed by atoms with Crippen LogP contribution in [0.1, 0.15) is 17.8 Å². The van der Waals surface area contributed by atoms with Gasteiger partial charge in [-0.15, -0.1) is 0 Å². The normalized spacial score (nSPS) is 27.7. The number of aryl methyl sites for hydroxylation is 1. The van der Waals surface area contributed by atoms with Gasteiger partial charge in [0.15, 0.2) is 0 Å². The molecule has 4 rings (SSSR count). The van der Waals surface area contributed by atoms with Gasteiger partial charge in [0.1, 0.15) is 6.10 Å². The van der Waals surface area contributed by atoms with E-state index in [2.05, 4.69) is 19.8 Å². The summed E-state index contributed by atoms with van der Waals surface area (Å²) in [5, 5.41) is 0. The van der Waals surface area contributed by atoms with Crippen molar-refractivity contribution in [2.45, 2.75) is 32.0 Å². The molecule has 3 fully saturated rings. The Kier molecular flexibility index (Phi) is 4.91. The molecule has 25 heavy (non-hydrogen) atoms. The van der Waals surface area contributed by atoms with Crippen molar-refractivity contribution in [1.29, 1.82) is 0 Å². The monoisotopic (exact) mass is 349 g/mol. The Hall–Kier alpha value is -1.64. The molecule has 1 aromatic heterocycles. The Labute approximate surface area is 148 Å². The first-order valence-corrected chi connectivity index (χ1v) is 9.19. The number of hydrogen-bond donors (Lipinski definition) is 1. The quantitative estimate of drug-likeness (QED) is 0.804. The molecule has 3 aliphatic heterocycles. The summed E-state index contributed by atoms with van der Waals surface area (Å²) in [6, 6.07) is 0.177. The second kappa shape index (κ2) is 7.31. The highest BCUT2D eigenvalue weighted by molar-refractivity contribution is 5.71. The molecular formula is C17H27N5O3. The van der Waals surface area contributed by atoms with Crippen LogP contribution in [0, 0.1) is 6.92 Å². The smallest absolute Gasteiger partial charge is 0.410 e. The summed E-state index contributed by atoms with van der Waals surface area (Å²) in [6.45, 7) is 9.91. The number of carbonyl (C=O) groups is 1. The molecule has 3 aliphatic rings. The molecular weight excluding hydrogens is 322 g/mol. The fourth-order valence-corrected chi connectivity index (χ4v) is 4.01. The summed E-state index contributed by atoms with van der Waals surface area (Å²) in [5.74, 6) is 0. The zero-order chi connectivity index (χ0) is 17.2. The van der Waals surface area contributed by atoms with Crippen molar-refractivity contribution in [3.05, 3.63) is 17.7 Å². The number of rotatable bonds is 6. The molecule has 0 unspecified atom stereocenters. The van der Waals surface area contributed by atoms with Crippen LogP contribution in [-0.4, -0.2) is 95.4 Å². The van der Waals surface area contributed by atoms with Crippen molar-refractivity contribution in [1.82, 2.24) is 24.7 Å². The van der Waals surface area contributed by atoms with E-state index in [9.17, 15) is 4.79 Å². The van der Waals surface area contributed by atoms with E-state index in [0.29, 0.717) is 0 Å². The minimum Gasteiger partial charge on any atom is -0.442 e. The molecule has 0 aromatic carbocycles. The number of nitrogens with one attached hydrogen (secondary N) is 1. The number of likely N-dealkylation sites (tertiary alicyclic amines) is 1. The minimum atomic E-state index is -0.146. The van der Waals surface area contributed by atoms with Crippen LogP contribution >= 0.6 is 0 Å². The standard InChI is InChI=1S/C17H27N5O3/c1-13-14(19-12-18-13)9-21-10-15-16(11-21)25-17(23)22(15)4-2-3-20-5-7-24-8-6-20/h12,15-16H,2-11H2,1H3,(H,18,19)/t15-,16+/m0/s1. The third-order valence-corrected chi connectivity index (χ3v) is 5.48. The third-order valence-electron chi connectivity index (χ3n) is 5.48. The largest absolute Gasteiger partial charge is 0.442 e. The van der Waals surface area contributed by atoms with E-state index in [4.69, 9.17) is 9.47 Å². The summed E-state index contributed by atoms with van der Waals surface area (Å²) in [5.41, 5.74) is 2.18. The van der Waals surface area contributed by atoms with E-state index in [-0.39, 0.29) is 18.2 Å². The summed E-state index contributed by atoms with van der Waals surface area (Å²) >= 11 is 0. The van der Waals surface area contributed by atoms with Crippen LogP contribution < -0.4 is 0 Å². The van der Waals surface area contributed by atoms with Crippen LogP contribution in [-0.2, 0) is 16.0 Å². The molecule has 0 radical (unpaired) electrons. The van der Waals surface area contributed by atoms with E-state index in [0.717, 1.165) is 76.8 Å². The molecule has 1 N–H and O–H groups in total. The highest BCUT2D eigenvalue weighted by Gasteiger charge is 2.47. The first-order chi connectivity index (χ1) is 12.2. The molecule has 138 valence electrons. The summed E-state index contributed by atoms with van der Waals surface area (Å²) < 4.78 is 11.0. The summed E-state index contributed by atoms with van der Waals surface area (Å²) in [7, 11) is 0. The zero-order valence-electron chi connectivity index (χ0n) is 14.8. The average Bonchev–Trinajstić information content (AvgIpc) is 3.26. The molecule has 0 saturated carbocycles. The molecule has 0 aliphatic carbocycles. The SMILES string of the molecule is Cc1[nH]cnc1CN1C[C@H]2OC(=O)N(CCCN3CCOCC3)[C@H]2C1. The number of imidazole rings is 1. The number of aromatic nitrogens is 2. The van der Waals surface area contributed by atoms with Gasteiger partial charge in [-0.25, -0.2) is 9.78 Å². The topological polar surface area (TPSA) is 73.9 Å². The Morgan fingerprint density at radius 1 is 1.24 bits per heavy atom. The van der Waals surface area contributed by atoms with Crippen molar-refractivity contribution in [3.8, 4) is 0 Å². The van der Waals surface area contributed by atoms with Crippen molar-refractivity contribution in [3.63, 3.8) is 0 Å². The molecule has 3 saturated heterocycles.